The van der Waals surface area contributed by atoms with Crippen LogP contribution in [0.5, 0.6) is 11.5 Å². The molecule has 7 nitrogen and oxygen atoms in total. The first-order chi connectivity index (χ1) is 13.2. The van der Waals surface area contributed by atoms with Crippen LogP contribution in [0.1, 0.15) is 6.92 Å². The number of aromatic hydroxyl groups is 1. The largest absolute Gasteiger partial charge is 0.506 e. The second-order valence-electron chi connectivity index (χ2n) is 6.19. The summed E-state index contributed by atoms with van der Waals surface area (Å²) in [6.07, 6.45) is 0. The molecule has 0 amide bonds. The smallest absolute Gasteiger partial charge is 0.263 e. The lowest BCUT2D eigenvalue weighted by Crippen LogP contribution is -2.20. The van der Waals surface area contributed by atoms with E-state index in [1.54, 1.807) is 24.3 Å². The van der Waals surface area contributed by atoms with Crippen molar-refractivity contribution in [3.8, 4) is 22.9 Å². The number of aromatic amines is 2. The van der Waals surface area contributed by atoms with E-state index in [2.05, 4.69) is 20.3 Å². The van der Waals surface area contributed by atoms with E-state index in [-0.39, 0.29) is 11.3 Å². The Hall–Kier alpha value is -3.32. The van der Waals surface area contributed by atoms with Gasteiger partial charge < -0.3 is 25.1 Å². The molecule has 4 N–H and O–H groups in total. The Labute approximate surface area is 155 Å². The molecule has 7 heteroatoms. The Morgan fingerprint density at radius 3 is 2.85 bits per heavy atom. The maximum Gasteiger partial charge on any atom is 0.263 e. The predicted molar refractivity (Wildman–Crippen MR) is 105 cm³/mol. The van der Waals surface area contributed by atoms with Crippen LogP contribution >= 0.6 is 0 Å². The van der Waals surface area contributed by atoms with E-state index >= 15 is 0 Å². The molecule has 138 valence electrons. The number of hydrogen-bond donors (Lipinski definition) is 4. The maximum absolute atomic E-state index is 12.5. The van der Waals surface area contributed by atoms with E-state index in [0.717, 1.165) is 18.6 Å². The number of rotatable bonds is 6. The second-order valence-corrected chi connectivity index (χ2v) is 6.19. The molecule has 27 heavy (non-hydrogen) atoms. The lowest BCUT2D eigenvalue weighted by atomic mass is 10.1. The molecule has 2 aromatic heterocycles. The standard InChI is InChI=1S/C20H20N4O3/c1-2-21-9-10-27-12-7-8-15-16(11-12)23-19(22-15)17-18(25)13-5-3-4-6-14(13)24-20(17)26/h3-8,11,21H,2,9-10H2,1H3,(H,22,23)(H2,24,25,26). The minimum absolute atomic E-state index is 0.0875. The van der Waals surface area contributed by atoms with Crippen LogP contribution in [0, 0.1) is 0 Å². The summed E-state index contributed by atoms with van der Waals surface area (Å²) in [6.45, 7) is 4.27. The van der Waals surface area contributed by atoms with Crippen molar-refractivity contribution in [1.29, 1.82) is 0 Å². The summed E-state index contributed by atoms with van der Waals surface area (Å²) >= 11 is 0. The quantitative estimate of drug-likeness (QED) is 0.394. The summed E-state index contributed by atoms with van der Waals surface area (Å²) in [5.41, 5.74) is 1.73. The Morgan fingerprint density at radius 2 is 2.00 bits per heavy atom. The molecular formula is C20H20N4O3. The minimum atomic E-state index is -0.396. The van der Waals surface area contributed by atoms with Gasteiger partial charge in [-0.2, -0.15) is 0 Å². The third kappa shape index (κ3) is 3.24. The van der Waals surface area contributed by atoms with Crippen LogP contribution in [-0.2, 0) is 0 Å². The number of pyridine rings is 1. The third-order valence-corrected chi connectivity index (χ3v) is 4.38. The summed E-state index contributed by atoms with van der Waals surface area (Å²) in [6, 6.07) is 12.6. The fraction of sp³-hybridized carbons (Fsp3) is 0.200. The van der Waals surface area contributed by atoms with Crippen molar-refractivity contribution in [1.82, 2.24) is 20.3 Å². The number of nitrogens with one attached hydrogen (secondary N) is 3. The molecule has 4 rings (SSSR count). The van der Waals surface area contributed by atoms with Gasteiger partial charge in [0.25, 0.3) is 5.56 Å². The molecule has 0 aliphatic carbocycles. The monoisotopic (exact) mass is 364 g/mol. The van der Waals surface area contributed by atoms with Gasteiger partial charge in [-0.1, -0.05) is 19.1 Å². The van der Waals surface area contributed by atoms with Gasteiger partial charge in [-0.15, -0.1) is 0 Å². The first-order valence-corrected chi connectivity index (χ1v) is 8.85. The number of likely N-dealkylation sites (N-methyl/N-ethyl adjacent to an activating group) is 1. The fourth-order valence-electron chi connectivity index (χ4n) is 3.06. The number of nitrogens with zero attached hydrogens (tertiary/aromatic N) is 1. The van der Waals surface area contributed by atoms with Gasteiger partial charge >= 0.3 is 0 Å². The highest BCUT2D eigenvalue weighted by Crippen LogP contribution is 2.31. The van der Waals surface area contributed by atoms with Gasteiger partial charge in [0.1, 0.15) is 29.5 Å². The molecule has 0 saturated carbocycles. The number of benzene rings is 2. The highest BCUT2D eigenvalue weighted by atomic mass is 16.5. The highest BCUT2D eigenvalue weighted by Gasteiger charge is 2.17. The number of ether oxygens (including phenoxy) is 1. The molecule has 0 fully saturated rings. The molecular weight excluding hydrogens is 344 g/mol. The van der Waals surface area contributed by atoms with Gasteiger partial charge in [-0.3, -0.25) is 4.79 Å². The van der Waals surface area contributed by atoms with Crippen LogP contribution in [-0.4, -0.2) is 39.8 Å². The summed E-state index contributed by atoms with van der Waals surface area (Å²) in [5, 5.41) is 14.4. The Balaban J connectivity index is 1.72. The summed E-state index contributed by atoms with van der Waals surface area (Å²) in [5.74, 6) is 0.946. The van der Waals surface area contributed by atoms with E-state index in [4.69, 9.17) is 4.74 Å². The predicted octanol–water partition coefficient (Wildman–Crippen LogP) is 2.77. The van der Waals surface area contributed by atoms with Crippen LogP contribution in [0.2, 0.25) is 0 Å². The van der Waals surface area contributed by atoms with E-state index in [9.17, 15) is 9.90 Å². The molecule has 0 unspecified atom stereocenters. The maximum atomic E-state index is 12.5. The van der Waals surface area contributed by atoms with Crippen molar-refractivity contribution >= 4 is 21.9 Å². The zero-order valence-corrected chi connectivity index (χ0v) is 14.9. The van der Waals surface area contributed by atoms with Gasteiger partial charge in [0.15, 0.2) is 0 Å². The number of para-hydroxylation sites is 1. The van der Waals surface area contributed by atoms with E-state index in [1.165, 1.54) is 0 Å². The average molecular weight is 364 g/mol. The molecule has 4 aromatic rings. The number of imidazole rings is 1. The molecule has 0 radical (unpaired) electrons. The van der Waals surface area contributed by atoms with E-state index in [0.29, 0.717) is 34.6 Å². The number of aromatic nitrogens is 3. The average Bonchev–Trinajstić information content (AvgIpc) is 3.08. The molecule has 0 saturated heterocycles. The van der Waals surface area contributed by atoms with Crippen LogP contribution < -0.4 is 15.6 Å². The fourth-order valence-corrected chi connectivity index (χ4v) is 3.06. The van der Waals surface area contributed by atoms with Crippen LogP contribution in [0.3, 0.4) is 0 Å². The number of H-pyrrole nitrogens is 2. The molecule has 0 aliphatic rings. The van der Waals surface area contributed by atoms with E-state index < -0.39 is 5.56 Å². The Kier molecular flexibility index (Phi) is 4.52. The van der Waals surface area contributed by atoms with Crippen molar-refractivity contribution in [2.45, 2.75) is 6.92 Å². The highest BCUT2D eigenvalue weighted by molar-refractivity contribution is 5.91. The zero-order chi connectivity index (χ0) is 18.8. The lowest BCUT2D eigenvalue weighted by Gasteiger charge is -2.06. The SMILES string of the molecule is CCNCCOc1ccc2nc(-c3c(O)c4ccccc4[nH]c3=O)[nH]c2c1. The van der Waals surface area contributed by atoms with Gasteiger partial charge in [-0.05, 0) is 30.8 Å². The third-order valence-electron chi connectivity index (χ3n) is 4.38. The lowest BCUT2D eigenvalue weighted by molar-refractivity contribution is 0.316. The Bertz CT molecular complexity index is 1160. The molecule has 0 spiro atoms. The normalized spacial score (nSPS) is 11.3. The van der Waals surface area contributed by atoms with Gasteiger partial charge in [0.05, 0.1) is 16.6 Å². The first-order valence-electron chi connectivity index (χ1n) is 8.85. The number of fused-ring (bicyclic) bond motifs is 2. The molecule has 0 aliphatic heterocycles. The summed E-state index contributed by atoms with van der Waals surface area (Å²) in [7, 11) is 0. The first kappa shape index (κ1) is 17.1. The van der Waals surface area contributed by atoms with Crippen molar-refractivity contribution in [3.05, 3.63) is 52.8 Å². The van der Waals surface area contributed by atoms with Gasteiger partial charge in [0.2, 0.25) is 0 Å². The zero-order valence-electron chi connectivity index (χ0n) is 14.9. The van der Waals surface area contributed by atoms with Crippen LogP contribution in [0.25, 0.3) is 33.3 Å². The molecule has 0 bridgehead atoms. The van der Waals surface area contributed by atoms with Crippen molar-refractivity contribution in [2.24, 2.45) is 0 Å². The summed E-state index contributed by atoms with van der Waals surface area (Å²) in [4.78, 5) is 22.9. The van der Waals surface area contributed by atoms with Crippen LogP contribution in [0.15, 0.2) is 47.3 Å². The minimum Gasteiger partial charge on any atom is -0.506 e. The van der Waals surface area contributed by atoms with Gasteiger partial charge in [-0.25, -0.2) is 4.98 Å². The number of hydrogen-bond acceptors (Lipinski definition) is 5. The van der Waals surface area contributed by atoms with E-state index in [1.807, 2.05) is 25.1 Å². The van der Waals surface area contributed by atoms with Crippen molar-refractivity contribution in [2.75, 3.05) is 19.7 Å². The van der Waals surface area contributed by atoms with Crippen LogP contribution in [0.4, 0.5) is 0 Å². The topological polar surface area (TPSA) is 103 Å². The van der Waals surface area contributed by atoms with Gasteiger partial charge in [0, 0.05) is 18.0 Å². The molecule has 2 heterocycles. The summed E-state index contributed by atoms with van der Waals surface area (Å²) < 4.78 is 5.71. The Morgan fingerprint density at radius 1 is 1.15 bits per heavy atom. The molecule has 2 aromatic carbocycles. The molecule has 0 atom stereocenters. The van der Waals surface area contributed by atoms with Crippen molar-refractivity contribution in [3.63, 3.8) is 0 Å². The van der Waals surface area contributed by atoms with Crippen molar-refractivity contribution < 1.29 is 9.84 Å². The second kappa shape index (κ2) is 7.13.